The molecule has 2 nitrogen and oxygen atoms in total. The Hall–Kier alpha value is -1.05. The first kappa shape index (κ1) is 6.08. The lowest BCUT2D eigenvalue weighted by Gasteiger charge is -1.94. The maximum absolute atomic E-state index is 10.3. The first-order valence-corrected chi connectivity index (χ1v) is 2.85. The van der Waals surface area contributed by atoms with Crippen molar-refractivity contribution < 1.29 is 4.79 Å². The normalized spacial score (nSPS) is 9.56. The highest BCUT2D eigenvalue weighted by Crippen LogP contribution is 2.02. The van der Waals surface area contributed by atoms with Gasteiger partial charge in [-0.05, 0) is 26.0 Å². The zero-order valence-corrected chi connectivity index (χ0v) is 5.59. The fourth-order valence-electron chi connectivity index (χ4n) is 0.846. The summed E-state index contributed by atoms with van der Waals surface area (Å²) in [5, 5.41) is 0. The summed E-state index contributed by atoms with van der Waals surface area (Å²) in [7, 11) is 0. The van der Waals surface area contributed by atoms with Crippen LogP contribution in [0.2, 0.25) is 0 Å². The SMILES string of the molecule is Cc1ccc(C)n1C=O. The van der Waals surface area contributed by atoms with E-state index in [4.69, 9.17) is 0 Å². The quantitative estimate of drug-likeness (QED) is 0.513. The summed E-state index contributed by atoms with van der Waals surface area (Å²) in [5.41, 5.74) is 1.98. The molecule has 0 aromatic carbocycles. The van der Waals surface area contributed by atoms with E-state index in [0.717, 1.165) is 17.8 Å². The molecule has 0 spiro atoms. The van der Waals surface area contributed by atoms with Crippen molar-refractivity contribution in [1.29, 1.82) is 0 Å². The summed E-state index contributed by atoms with van der Waals surface area (Å²) in [6.07, 6.45) is 0.824. The fourth-order valence-corrected chi connectivity index (χ4v) is 0.846. The molecule has 1 rings (SSSR count). The number of nitrogens with zero attached hydrogens (tertiary/aromatic N) is 1. The number of hydrogen-bond donors (Lipinski definition) is 0. The minimum Gasteiger partial charge on any atom is -0.292 e. The molecule has 0 bridgehead atoms. The summed E-state index contributed by atoms with van der Waals surface area (Å²) in [5.74, 6) is 0. The molecular weight excluding hydrogens is 114 g/mol. The average Bonchev–Trinajstić information content (AvgIpc) is 2.12. The van der Waals surface area contributed by atoms with Gasteiger partial charge in [-0.15, -0.1) is 0 Å². The van der Waals surface area contributed by atoms with Crippen LogP contribution in [0.4, 0.5) is 0 Å². The van der Waals surface area contributed by atoms with Crippen LogP contribution in [-0.2, 0) is 4.79 Å². The number of carbonyl (C=O) groups excluding carboxylic acids is 1. The highest BCUT2D eigenvalue weighted by molar-refractivity contribution is 5.55. The zero-order chi connectivity index (χ0) is 6.85. The van der Waals surface area contributed by atoms with Gasteiger partial charge in [-0.2, -0.15) is 0 Å². The summed E-state index contributed by atoms with van der Waals surface area (Å²) in [6.45, 7) is 3.81. The van der Waals surface area contributed by atoms with E-state index in [1.807, 2.05) is 26.0 Å². The molecule has 0 radical (unpaired) electrons. The minimum absolute atomic E-state index is 0.824. The Morgan fingerprint density at radius 3 is 2.00 bits per heavy atom. The molecule has 0 aliphatic rings. The second kappa shape index (κ2) is 2.05. The number of rotatable bonds is 1. The van der Waals surface area contributed by atoms with Crippen molar-refractivity contribution in [2.75, 3.05) is 0 Å². The predicted molar refractivity (Wildman–Crippen MR) is 36.1 cm³/mol. The maximum Gasteiger partial charge on any atom is 0.218 e. The van der Waals surface area contributed by atoms with E-state index in [2.05, 4.69) is 0 Å². The van der Waals surface area contributed by atoms with Gasteiger partial charge in [0.2, 0.25) is 6.41 Å². The third kappa shape index (κ3) is 0.875. The summed E-state index contributed by atoms with van der Waals surface area (Å²) >= 11 is 0. The van der Waals surface area contributed by atoms with Gasteiger partial charge in [-0.1, -0.05) is 0 Å². The van der Waals surface area contributed by atoms with E-state index >= 15 is 0 Å². The Labute approximate surface area is 54.1 Å². The lowest BCUT2D eigenvalue weighted by Crippen LogP contribution is -1.97. The summed E-state index contributed by atoms with van der Waals surface area (Å²) in [6, 6.07) is 3.84. The van der Waals surface area contributed by atoms with Crippen LogP contribution in [0.3, 0.4) is 0 Å². The summed E-state index contributed by atoms with van der Waals surface area (Å²) < 4.78 is 1.61. The Kier molecular flexibility index (Phi) is 1.39. The molecule has 0 atom stereocenters. The van der Waals surface area contributed by atoms with E-state index in [1.165, 1.54) is 0 Å². The molecule has 1 aromatic rings. The first-order chi connectivity index (χ1) is 4.25. The molecule has 0 amide bonds. The second-order valence-electron chi connectivity index (χ2n) is 2.09. The van der Waals surface area contributed by atoms with Gasteiger partial charge in [-0.25, -0.2) is 0 Å². The van der Waals surface area contributed by atoms with E-state index < -0.39 is 0 Å². The van der Waals surface area contributed by atoms with Gasteiger partial charge < -0.3 is 0 Å². The van der Waals surface area contributed by atoms with Gasteiger partial charge in [0.05, 0.1) is 0 Å². The maximum atomic E-state index is 10.3. The van der Waals surface area contributed by atoms with Gasteiger partial charge in [-0.3, -0.25) is 9.36 Å². The van der Waals surface area contributed by atoms with Crippen molar-refractivity contribution in [1.82, 2.24) is 4.57 Å². The molecule has 0 saturated carbocycles. The van der Waals surface area contributed by atoms with Crippen LogP contribution in [-0.4, -0.2) is 11.0 Å². The van der Waals surface area contributed by atoms with Crippen LogP contribution in [0.1, 0.15) is 11.4 Å². The molecule has 0 aliphatic heterocycles. The van der Waals surface area contributed by atoms with Crippen molar-refractivity contribution in [3.05, 3.63) is 23.5 Å². The smallest absolute Gasteiger partial charge is 0.218 e. The lowest BCUT2D eigenvalue weighted by atomic mass is 10.5. The van der Waals surface area contributed by atoms with E-state index in [0.29, 0.717) is 0 Å². The minimum atomic E-state index is 0.824. The molecule has 0 N–H and O–H groups in total. The van der Waals surface area contributed by atoms with Gasteiger partial charge in [0.15, 0.2) is 0 Å². The fraction of sp³-hybridized carbons (Fsp3) is 0.286. The molecule has 1 heterocycles. The van der Waals surface area contributed by atoms with Crippen LogP contribution < -0.4 is 0 Å². The monoisotopic (exact) mass is 123 g/mol. The van der Waals surface area contributed by atoms with Crippen molar-refractivity contribution in [2.45, 2.75) is 13.8 Å². The van der Waals surface area contributed by atoms with Crippen molar-refractivity contribution >= 4 is 6.41 Å². The zero-order valence-electron chi connectivity index (χ0n) is 5.59. The van der Waals surface area contributed by atoms with Crippen LogP contribution in [0.25, 0.3) is 0 Å². The van der Waals surface area contributed by atoms with Gasteiger partial charge >= 0.3 is 0 Å². The van der Waals surface area contributed by atoms with E-state index in [9.17, 15) is 4.79 Å². The molecule has 1 aromatic heterocycles. The van der Waals surface area contributed by atoms with E-state index in [1.54, 1.807) is 4.57 Å². The number of hydrogen-bond acceptors (Lipinski definition) is 1. The Balaban J connectivity index is 3.22. The molecule has 48 valence electrons. The number of carbonyl (C=O) groups is 1. The van der Waals surface area contributed by atoms with E-state index in [-0.39, 0.29) is 0 Å². The lowest BCUT2D eigenvalue weighted by molar-refractivity contribution is 0.545. The van der Waals surface area contributed by atoms with Gasteiger partial charge in [0.25, 0.3) is 0 Å². The van der Waals surface area contributed by atoms with Crippen LogP contribution in [0.5, 0.6) is 0 Å². The Morgan fingerprint density at radius 1 is 1.33 bits per heavy atom. The standard InChI is InChI=1S/C7H9NO/c1-6-3-4-7(2)8(6)5-9/h3-5H,1-2H3. The third-order valence-corrected chi connectivity index (χ3v) is 1.43. The summed E-state index contributed by atoms with van der Waals surface area (Å²) in [4.78, 5) is 10.3. The Morgan fingerprint density at radius 2 is 1.78 bits per heavy atom. The van der Waals surface area contributed by atoms with Crippen molar-refractivity contribution in [2.24, 2.45) is 0 Å². The largest absolute Gasteiger partial charge is 0.292 e. The predicted octanol–water partition coefficient (Wildman–Crippen LogP) is 1.14. The Bertz CT molecular complexity index is 205. The highest BCUT2D eigenvalue weighted by Gasteiger charge is 1.95. The molecule has 0 fully saturated rings. The van der Waals surface area contributed by atoms with Crippen LogP contribution in [0.15, 0.2) is 12.1 Å². The van der Waals surface area contributed by atoms with Crippen molar-refractivity contribution in [3.63, 3.8) is 0 Å². The number of aromatic nitrogens is 1. The van der Waals surface area contributed by atoms with Gasteiger partial charge in [0, 0.05) is 11.4 Å². The third-order valence-electron chi connectivity index (χ3n) is 1.43. The van der Waals surface area contributed by atoms with Crippen LogP contribution in [0, 0.1) is 13.8 Å². The second-order valence-corrected chi connectivity index (χ2v) is 2.09. The molecule has 9 heavy (non-hydrogen) atoms. The highest BCUT2D eigenvalue weighted by atomic mass is 16.1. The molecule has 2 heteroatoms. The van der Waals surface area contributed by atoms with Gasteiger partial charge in [0.1, 0.15) is 0 Å². The van der Waals surface area contributed by atoms with Crippen LogP contribution >= 0.6 is 0 Å². The topological polar surface area (TPSA) is 22.0 Å². The average molecular weight is 123 g/mol. The van der Waals surface area contributed by atoms with Crippen molar-refractivity contribution in [3.8, 4) is 0 Å². The molecule has 0 saturated heterocycles. The molecule has 0 unspecified atom stereocenters. The molecular formula is C7H9NO. The molecule has 0 aliphatic carbocycles. The number of aryl methyl sites for hydroxylation is 2. The first-order valence-electron chi connectivity index (χ1n) is 2.85.